The maximum absolute atomic E-state index is 15.1. The summed E-state index contributed by atoms with van der Waals surface area (Å²) in [5.41, 5.74) is 3.61. The van der Waals surface area contributed by atoms with Crippen LogP contribution in [0, 0.1) is 5.82 Å². The molecular formula is C22H19FN4O2S. The fraction of sp³-hybridized carbons (Fsp3) is 0.182. The summed E-state index contributed by atoms with van der Waals surface area (Å²) < 4.78 is 35.4. The third-order valence-corrected chi connectivity index (χ3v) is 6.66. The van der Waals surface area contributed by atoms with Gasteiger partial charge in [-0.05, 0) is 35.9 Å². The van der Waals surface area contributed by atoms with Gasteiger partial charge in [0, 0.05) is 17.3 Å². The lowest BCUT2D eigenvalue weighted by Gasteiger charge is -2.28. The van der Waals surface area contributed by atoms with Crippen molar-refractivity contribution in [2.24, 2.45) is 0 Å². The Morgan fingerprint density at radius 2 is 1.90 bits per heavy atom. The van der Waals surface area contributed by atoms with E-state index in [-0.39, 0.29) is 0 Å². The Bertz CT molecular complexity index is 1190. The van der Waals surface area contributed by atoms with Crippen LogP contribution in [0.1, 0.15) is 0 Å². The molecule has 152 valence electrons. The molecule has 6 nitrogen and oxygen atoms in total. The highest BCUT2D eigenvalue weighted by molar-refractivity contribution is 7.89. The van der Waals surface area contributed by atoms with E-state index in [1.807, 2.05) is 34.6 Å². The van der Waals surface area contributed by atoms with Crippen LogP contribution in [0.2, 0.25) is 0 Å². The van der Waals surface area contributed by atoms with Crippen LogP contribution in [0.25, 0.3) is 33.5 Å². The number of fused-ring (bicyclic) bond motifs is 1. The molecule has 1 N–H and O–H groups in total. The van der Waals surface area contributed by atoms with Crippen molar-refractivity contribution in [2.45, 2.75) is 4.90 Å². The third-order valence-electron chi connectivity index (χ3n) is 5.10. The number of morpholine rings is 1. The zero-order valence-corrected chi connectivity index (χ0v) is 16.9. The minimum Gasteiger partial charge on any atom is -0.593 e. The van der Waals surface area contributed by atoms with Crippen LogP contribution in [0.4, 0.5) is 4.39 Å². The van der Waals surface area contributed by atoms with E-state index >= 15 is 4.39 Å². The first-order valence-corrected chi connectivity index (χ1v) is 10.8. The number of H-pyrrole nitrogens is 1. The highest BCUT2D eigenvalue weighted by Gasteiger charge is 2.27. The Morgan fingerprint density at radius 3 is 2.73 bits per heavy atom. The van der Waals surface area contributed by atoms with Crippen LogP contribution in [0.3, 0.4) is 0 Å². The molecular weight excluding hydrogens is 403 g/mol. The fourth-order valence-corrected chi connectivity index (χ4v) is 4.89. The van der Waals surface area contributed by atoms with Gasteiger partial charge in [0.25, 0.3) is 0 Å². The van der Waals surface area contributed by atoms with Crippen molar-refractivity contribution in [3.63, 3.8) is 0 Å². The number of nitrogens with zero attached hydrogens (tertiary/aromatic N) is 3. The van der Waals surface area contributed by atoms with E-state index < -0.39 is 17.2 Å². The summed E-state index contributed by atoms with van der Waals surface area (Å²) in [5, 5.41) is 0. The van der Waals surface area contributed by atoms with Crippen molar-refractivity contribution in [3.05, 3.63) is 66.7 Å². The van der Waals surface area contributed by atoms with Crippen LogP contribution < -0.4 is 0 Å². The van der Waals surface area contributed by atoms with Crippen LogP contribution in [-0.4, -0.2) is 50.1 Å². The topological polar surface area (TPSA) is 77.1 Å². The average molecular weight is 422 g/mol. The molecule has 1 aliphatic heterocycles. The summed E-state index contributed by atoms with van der Waals surface area (Å²) in [4.78, 5) is 12.4. The van der Waals surface area contributed by atoms with Gasteiger partial charge in [0.15, 0.2) is 10.5 Å². The zero-order valence-electron chi connectivity index (χ0n) is 16.0. The molecule has 1 saturated heterocycles. The molecule has 5 rings (SSSR count). The van der Waals surface area contributed by atoms with Gasteiger partial charge in [-0.2, -0.15) is 0 Å². The lowest BCUT2D eigenvalue weighted by atomic mass is 10.0. The van der Waals surface area contributed by atoms with Gasteiger partial charge < -0.3 is 14.3 Å². The Balaban J connectivity index is 1.50. The van der Waals surface area contributed by atoms with E-state index in [1.54, 1.807) is 24.5 Å². The number of aromatic amines is 1. The second kappa shape index (κ2) is 8.16. The molecule has 1 fully saturated rings. The average Bonchev–Trinajstić information content (AvgIpc) is 3.27. The zero-order chi connectivity index (χ0) is 20.5. The van der Waals surface area contributed by atoms with Crippen molar-refractivity contribution in [2.75, 3.05) is 26.3 Å². The standard InChI is InChI=1S/C22H19FN4O2S/c23-18-13-15(5-6-17(18)20-14-25-22-19(26-20)7-8-24-22)16-3-1-2-4-21(16)30(28)27-9-11-29-12-10-27/h1-8,13-14H,9-12H2,(H,24,25). The van der Waals surface area contributed by atoms with E-state index in [0.29, 0.717) is 59.2 Å². The van der Waals surface area contributed by atoms with E-state index in [9.17, 15) is 4.55 Å². The molecule has 0 radical (unpaired) electrons. The highest BCUT2D eigenvalue weighted by atomic mass is 32.2. The van der Waals surface area contributed by atoms with Gasteiger partial charge in [-0.1, -0.05) is 18.2 Å². The van der Waals surface area contributed by atoms with E-state index in [4.69, 9.17) is 4.74 Å². The molecule has 30 heavy (non-hydrogen) atoms. The highest BCUT2D eigenvalue weighted by Crippen LogP contribution is 2.32. The normalized spacial score (nSPS) is 16.1. The Morgan fingerprint density at radius 1 is 1.07 bits per heavy atom. The predicted octanol–water partition coefficient (Wildman–Crippen LogP) is 3.79. The summed E-state index contributed by atoms with van der Waals surface area (Å²) >= 11 is -1.34. The number of hydrogen-bond donors (Lipinski definition) is 1. The van der Waals surface area contributed by atoms with Crippen LogP contribution in [-0.2, 0) is 16.1 Å². The van der Waals surface area contributed by atoms with Crippen LogP contribution >= 0.6 is 0 Å². The van der Waals surface area contributed by atoms with Crippen molar-refractivity contribution in [1.29, 1.82) is 0 Å². The molecule has 4 aromatic rings. The first kappa shape index (κ1) is 19.2. The number of ether oxygens (including phenoxy) is 1. The van der Waals surface area contributed by atoms with Crippen molar-refractivity contribution in [1.82, 2.24) is 19.3 Å². The van der Waals surface area contributed by atoms with E-state index in [0.717, 1.165) is 5.56 Å². The second-order valence-electron chi connectivity index (χ2n) is 6.95. The number of hydrogen-bond acceptors (Lipinski definition) is 5. The summed E-state index contributed by atoms with van der Waals surface area (Å²) in [6, 6.07) is 14.2. The molecule has 2 aromatic carbocycles. The summed E-state index contributed by atoms with van der Waals surface area (Å²) in [6.07, 6.45) is 3.30. The minimum absolute atomic E-state index is 0.376. The lowest BCUT2D eigenvalue weighted by molar-refractivity contribution is 0.0730. The molecule has 0 bridgehead atoms. The summed E-state index contributed by atoms with van der Waals surface area (Å²) in [7, 11) is 0. The first-order chi connectivity index (χ1) is 14.7. The van der Waals surface area contributed by atoms with E-state index in [1.165, 1.54) is 6.07 Å². The van der Waals surface area contributed by atoms with Gasteiger partial charge in [-0.15, -0.1) is 4.31 Å². The molecule has 3 heterocycles. The molecule has 1 unspecified atom stereocenters. The summed E-state index contributed by atoms with van der Waals surface area (Å²) in [5.74, 6) is -0.399. The number of nitrogens with one attached hydrogen (secondary N) is 1. The smallest absolute Gasteiger partial charge is 0.181 e. The first-order valence-electron chi connectivity index (χ1n) is 9.65. The fourth-order valence-electron chi connectivity index (χ4n) is 3.56. The van der Waals surface area contributed by atoms with Crippen molar-refractivity contribution in [3.8, 4) is 22.4 Å². The van der Waals surface area contributed by atoms with Gasteiger partial charge in [-0.25, -0.2) is 14.4 Å². The maximum Gasteiger partial charge on any atom is 0.181 e. The van der Waals surface area contributed by atoms with Gasteiger partial charge >= 0.3 is 0 Å². The monoisotopic (exact) mass is 422 g/mol. The minimum atomic E-state index is -1.34. The van der Waals surface area contributed by atoms with Gasteiger partial charge in [0.05, 0.1) is 49.6 Å². The van der Waals surface area contributed by atoms with Crippen molar-refractivity contribution < 1.29 is 13.7 Å². The van der Waals surface area contributed by atoms with Crippen LogP contribution in [0.5, 0.6) is 0 Å². The molecule has 0 amide bonds. The summed E-state index contributed by atoms with van der Waals surface area (Å²) in [6.45, 7) is 2.33. The molecule has 1 aliphatic rings. The molecule has 0 spiro atoms. The maximum atomic E-state index is 15.1. The number of benzene rings is 2. The third kappa shape index (κ3) is 3.59. The van der Waals surface area contributed by atoms with E-state index in [2.05, 4.69) is 15.0 Å². The Hall–Kier alpha value is -2.78. The molecule has 0 aliphatic carbocycles. The quantitative estimate of drug-likeness (QED) is 0.507. The Labute approximate surface area is 176 Å². The molecule has 8 heteroatoms. The lowest BCUT2D eigenvalue weighted by Crippen LogP contribution is -2.40. The van der Waals surface area contributed by atoms with Crippen molar-refractivity contribution >= 4 is 22.5 Å². The largest absolute Gasteiger partial charge is 0.593 e. The predicted molar refractivity (Wildman–Crippen MR) is 114 cm³/mol. The van der Waals surface area contributed by atoms with Gasteiger partial charge in [0.2, 0.25) is 0 Å². The molecule has 1 atom stereocenters. The van der Waals surface area contributed by atoms with Crippen LogP contribution in [0.15, 0.2) is 65.8 Å². The number of rotatable bonds is 4. The SMILES string of the molecule is [O-][S+](c1ccccc1-c1ccc(-c2cnc3[nH]ccc3n2)c(F)c1)N1CCOCC1. The second-order valence-corrected chi connectivity index (χ2v) is 8.40. The van der Waals surface area contributed by atoms with Gasteiger partial charge in [0.1, 0.15) is 11.3 Å². The Kier molecular flexibility index (Phi) is 5.22. The molecule has 0 saturated carbocycles. The molecule has 2 aromatic heterocycles. The number of aromatic nitrogens is 3. The van der Waals surface area contributed by atoms with Gasteiger partial charge in [-0.3, -0.25) is 0 Å². The number of halogens is 1.